The van der Waals surface area contributed by atoms with Crippen LogP contribution in [0.2, 0.25) is 0 Å². The molecule has 2 aromatic carbocycles. The maximum atomic E-state index is 12.9. The molecule has 0 radical (unpaired) electrons. The van der Waals surface area contributed by atoms with Gasteiger partial charge in [0.15, 0.2) is 17.9 Å². The number of benzene rings is 2. The van der Waals surface area contributed by atoms with Gasteiger partial charge in [0.1, 0.15) is 6.21 Å². The zero-order chi connectivity index (χ0) is 15.3. The normalized spacial score (nSPS) is 28.0. The monoisotopic (exact) mass is 290 g/mol. The van der Waals surface area contributed by atoms with Crippen LogP contribution in [-0.4, -0.2) is 16.6 Å². The third-order valence-corrected chi connectivity index (χ3v) is 5.27. The second-order valence-corrected chi connectivity index (χ2v) is 6.29. The highest BCUT2D eigenvalue weighted by atomic mass is 16.1. The number of carbonyl (C=O) groups excluding carboxylic acids is 1. The highest BCUT2D eigenvalue weighted by Crippen LogP contribution is 2.45. The summed E-state index contributed by atoms with van der Waals surface area (Å²) in [7, 11) is 0. The summed E-state index contributed by atoms with van der Waals surface area (Å²) >= 11 is 0. The molecule has 3 unspecified atom stereocenters. The average Bonchev–Trinajstić information content (AvgIpc) is 2.75. The first-order valence-corrected chi connectivity index (χ1v) is 8.00. The van der Waals surface area contributed by atoms with E-state index in [-0.39, 0.29) is 18.0 Å². The van der Waals surface area contributed by atoms with Gasteiger partial charge in [-0.2, -0.15) is 0 Å². The smallest absolute Gasteiger partial charge is 0.189 e. The van der Waals surface area contributed by atoms with Gasteiger partial charge in [0, 0.05) is 30.5 Å². The summed E-state index contributed by atoms with van der Waals surface area (Å²) in [5.41, 5.74) is 4.77. The number of hydrogen-bond acceptors (Lipinski definition) is 1. The molecule has 0 amide bonds. The van der Waals surface area contributed by atoms with E-state index in [0.717, 1.165) is 12.0 Å². The first-order chi connectivity index (χ1) is 10.7. The van der Waals surface area contributed by atoms with Crippen LogP contribution >= 0.6 is 0 Å². The molecule has 1 aliphatic carbocycles. The van der Waals surface area contributed by atoms with Crippen molar-refractivity contribution in [2.75, 3.05) is 0 Å². The van der Waals surface area contributed by atoms with Gasteiger partial charge in [-0.25, -0.2) is 4.58 Å². The van der Waals surface area contributed by atoms with E-state index in [0.29, 0.717) is 5.78 Å². The molecule has 1 heterocycles. The van der Waals surface area contributed by atoms with E-state index in [1.54, 1.807) is 0 Å². The Labute approximate surface area is 131 Å². The zero-order valence-corrected chi connectivity index (χ0v) is 13.0. The molecule has 1 aliphatic heterocycles. The Morgan fingerprint density at radius 1 is 1.05 bits per heavy atom. The molecule has 0 aromatic heterocycles. The van der Waals surface area contributed by atoms with Crippen LogP contribution in [0.5, 0.6) is 0 Å². The lowest BCUT2D eigenvalue weighted by Crippen LogP contribution is -2.26. The van der Waals surface area contributed by atoms with E-state index in [4.69, 9.17) is 0 Å². The van der Waals surface area contributed by atoms with Gasteiger partial charge in [-0.15, -0.1) is 0 Å². The Hall–Kier alpha value is -2.22. The molecule has 0 N–H and O–H groups in total. The van der Waals surface area contributed by atoms with Crippen LogP contribution in [0.15, 0.2) is 48.5 Å². The molecular formula is C20H20NO+. The molecule has 3 atom stereocenters. The Balaban J connectivity index is 1.94. The summed E-state index contributed by atoms with van der Waals surface area (Å²) in [6.45, 7) is 4.32. The van der Waals surface area contributed by atoms with Crippen molar-refractivity contribution in [1.82, 2.24) is 0 Å². The van der Waals surface area contributed by atoms with Crippen LogP contribution in [0.4, 0.5) is 0 Å². The number of hydrogen-bond donors (Lipinski definition) is 0. The van der Waals surface area contributed by atoms with Gasteiger partial charge in [0.05, 0.1) is 5.92 Å². The van der Waals surface area contributed by atoms with Crippen molar-refractivity contribution >= 4 is 12.0 Å². The third kappa shape index (κ3) is 1.73. The Morgan fingerprint density at radius 2 is 1.73 bits per heavy atom. The van der Waals surface area contributed by atoms with Crippen LogP contribution in [0.3, 0.4) is 0 Å². The quantitative estimate of drug-likeness (QED) is 0.672. The number of rotatable bonds is 0. The molecule has 0 saturated heterocycles. The van der Waals surface area contributed by atoms with Crippen molar-refractivity contribution in [3.8, 4) is 0 Å². The molecule has 2 heteroatoms. The topological polar surface area (TPSA) is 20.1 Å². The Morgan fingerprint density at radius 3 is 2.50 bits per heavy atom. The molecule has 0 fully saturated rings. The molecule has 2 aliphatic rings. The first kappa shape index (κ1) is 13.4. The molecule has 0 spiro atoms. The number of fused-ring (bicyclic) bond motifs is 4. The number of nitrogens with zero attached hydrogens (tertiary/aromatic N) is 1. The minimum absolute atomic E-state index is 0.0275. The number of carbonyl (C=O) groups is 1. The van der Waals surface area contributed by atoms with E-state index in [2.05, 4.69) is 55.0 Å². The summed E-state index contributed by atoms with van der Waals surface area (Å²) in [5.74, 6) is 0.330. The zero-order valence-electron chi connectivity index (χ0n) is 13.0. The molecule has 22 heavy (non-hydrogen) atoms. The van der Waals surface area contributed by atoms with Crippen LogP contribution < -0.4 is 0 Å². The van der Waals surface area contributed by atoms with Crippen molar-refractivity contribution in [3.05, 3.63) is 70.8 Å². The third-order valence-electron chi connectivity index (χ3n) is 5.27. The molecular weight excluding hydrogens is 270 g/mol. The van der Waals surface area contributed by atoms with Gasteiger partial charge in [0.2, 0.25) is 0 Å². The molecule has 2 aromatic rings. The van der Waals surface area contributed by atoms with Crippen LogP contribution in [0.25, 0.3) is 0 Å². The van der Waals surface area contributed by atoms with Crippen LogP contribution in [0.1, 0.15) is 53.0 Å². The molecule has 2 nitrogen and oxygen atoms in total. The largest absolute Gasteiger partial charge is 0.294 e. The van der Waals surface area contributed by atoms with E-state index in [1.165, 1.54) is 16.7 Å². The van der Waals surface area contributed by atoms with Crippen molar-refractivity contribution in [3.63, 3.8) is 0 Å². The molecule has 0 bridgehead atoms. The van der Waals surface area contributed by atoms with Crippen molar-refractivity contribution in [2.45, 2.75) is 32.4 Å². The minimum Gasteiger partial charge on any atom is -0.294 e. The SMILES string of the molecule is CC=[N+]1C(C)c2ccccc2CC2C(=O)c3ccccc3C21. The van der Waals surface area contributed by atoms with Crippen molar-refractivity contribution < 1.29 is 9.37 Å². The minimum atomic E-state index is 0.0275. The van der Waals surface area contributed by atoms with Gasteiger partial charge >= 0.3 is 0 Å². The number of ketones is 1. The highest BCUT2D eigenvalue weighted by Gasteiger charge is 2.49. The van der Waals surface area contributed by atoms with Crippen LogP contribution in [0, 0.1) is 5.92 Å². The lowest BCUT2D eigenvalue weighted by molar-refractivity contribution is -0.610. The summed E-state index contributed by atoms with van der Waals surface area (Å²) in [6.07, 6.45) is 2.99. The van der Waals surface area contributed by atoms with Crippen molar-refractivity contribution in [1.29, 1.82) is 0 Å². The van der Waals surface area contributed by atoms with E-state index < -0.39 is 0 Å². The van der Waals surface area contributed by atoms with Crippen LogP contribution in [-0.2, 0) is 6.42 Å². The predicted octanol–water partition coefficient (Wildman–Crippen LogP) is 3.96. The van der Waals surface area contributed by atoms with Gasteiger partial charge in [-0.1, -0.05) is 48.5 Å². The number of Topliss-reactive ketones (excluding diaryl/α,β-unsaturated/α-hetero) is 1. The lowest BCUT2D eigenvalue weighted by Gasteiger charge is -2.18. The fraction of sp³-hybridized carbons (Fsp3) is 0.300. The first-order valence-electron chi connectivity index (χ1n) is 8.00. The predicted molar refractivity (Wildman–Crippen MR) is 87.6 cm³/mol. The second-order valence-electron chi connectivity index (χ2n) is 6.29. The Bertz CT molecular complexity index is 790. The van der Waals surface area contributed by atoms with Gasteiger partial charge in [0.25, 0.3) is 0 Å². The molecule has 110 valence electrons. The summed E-state index contributed by atoms with van der Waals surface area (Å²) in [6, 6.07) is 17.1. The van der Waals surface area contributed by atoms with Crippen molar-refractivity contribution in [2.24, 2.45) is 5.92 Å². The highest BCUT2D eigenvalue weighted by molar-refractivity contribution is 6.03. The summed E-state index contributed by atoms with van der Waals surface area (Å²) in [5, 5.41) is 0. The van der Waals surface area contributed by atoms with Gasteiger partial charge in [-0.05, 0) is 12.0 Å². The van der Waals surface area contributed by atoms with Gasteiger partial charge < -0.3 is 0 Å². The second kappa shape index (κ2) is 4.91. The fourth-order valence-corrected chi connectivity index (χ4v) is 4.26. The maximum absolute atomic E-state index is 12.9. The lowest BCUT2D eigenvalue weighted by atomic mass is 9.91. The van der Waals surface area contributed by atoms with E-state index >= 15 is 0 Å². The summed E-state index contributed by atoms with van der Waals surface area (Å²) in [4.78, 5) is 12.9. The Kier molecular flexibility index (Phi) is 3.00. The van der Waals surface area contributed by atoms with E-state index in [1.807, 2.05) is 18.2 Å². The maximum Gasteiger partial charge on any atom is 0.189 e. The summed E-state index contributed by atoms with van der Waals surface area (Å²) < 4.78 is 2.38. The van der Waals surface area contributed by atoms with E-state index in [9.17, 15) is 4.79 Å². The fourth-order valence-electron chi connectivity index (χ4n) is 4.26. The average molecular weight is 290 g/mol. The molecule has 4 rings (SSSR count). The molecule has 0 saturated carbocycles. The van der Waals surface area contributed by atoms with Gasteiger partial charge in [-0.3, -0.25) is 4.79 Å². The standard InChI is InChI=1S/C20H20NO/c1-3-21-13(2)15-9-5-4-8-14(15)12-18-19(21)16-10-6-7-11-17(16)20(18)22/h3-11,13,18-19H,12H2,1-2H3/q+1.